The number of nitrogens with two attached hydrogens (primary N) is 1. The first-order chi connectivity index (χ1) is 10.4. The number of hydrogen-bond acceptors (Lipinski definition) is 2. The molecule has 0 fully saturated rings. The average molecular weight is 355 g/mol. The largest absolute Gasteiger partial charge is 0.383 e. The third kappa shape index (κ3) is 4.59. The van der Waals surface area contributed by atoms with Crippen LogP contribution >= 0.6 is 23.2 Å². The summed E-state index contributed by atoms with van der Waals surface area (Å²) in [5.41, 5.74) is 6.82. The van der Waals surface area contributed by atoms with Crippen molar-refractivity contribution in [1.82, 2.24) is 0 Å². The summed E-state index contributed by atoms with van der Waals surface area (Å²) in [4.78, 5) is 0. The highest BCUT2D eigenvalue weighted by atomic mass is 35.5. The van der Waals surface area contributed by atoms with Crippen molar-refractivity contribution in [3.63, 3.8) is 0 Å². The summed E-state index contributed by atoms with van der Waals surface area (Å²) >= 11 is 11.7. The first kappa shape index (κ1) is 16.5. The van der Waals surface area contributed by atoms with Crippen molar-refractivity contribution >= 4 is 45.1 Å². The summed E-state index contributed by atoms with van der Waals surface area (Å²) in [5, 5.41) is 1.70. The Hall–Kier alpha value is -1.82. The molecule has 0 spiro atoms. The standard InChI is InChI=1S/C15H12Cl2N2O2S/c16-13-7-6-11(10-14(13)17)8-9-22(20,21)19-15(18)12-4-2-1-3-5-12/h1-10H,(H2,18,19). The van der Waals surface area contributed by atoms with E-state index in [1.54, 1.807) is 48.5 Å². The number of hydrogen-bond donors (Lipinski definition) is 1. The predicted molar refractivity (Wildman–Crippen MR) is 91.6 cm³/mol. The van der Waals surface area contributed by atoms with E-state index in [9.17, 15) is 8.42 Å². The molecule has 22 heavy (non-hydrogen) atoms. The zero-order chi connectivity index (χ0) is 16.2. The molecule has 0 aliphatic heterocycles. The Labute approximate surface area is 138 Å². The molecule has 0 aliphatic rings. The molecule has 0 amide bonds. The van der Waals surface area contributed by atoms with Gasteiger partial charge in [-0.15, -0.1) is 4.40 Å². The number of halogens is 2. The number of benzene rings is 2. The van der Waals surface area contributed by atoms with Crippen LogP contribution in [0.25, 0.3) is 6.08 Å². The molecule has 4 nitrogen and oxygen atoms in total. The lowest BCUT2D eigenvalue weighted by atomic mass is 10.2. The van der Waals surface area contributed by atoms with Crippen molar-refractivity contribution in [2.45, 2.75) is 0 Å². The summed E-state index contributed by atoms with van der Waals surface area (Å²) < 4.78 is 27.4. The fourth-order valence-corrected chi connectivity index (χ4v) is 2.69. The molecule has 0 bridgehead atoms. The Morgan fingerprint density at radius 1 is 1.05 bits per heavy atom. The molecule has 0 unspecified atom stereocenters. The van der Waals surface area contributed by atoms with Gasteiger partial charge in [-0.3, -0.25) is 0 Å². The lowest BCUT2D eigenvalue weighted by Gasteiger charge is -2.00. The molecule has 0 aliphatic carbocycles. The summed E-state index contributed by atoms with van der Waals surface area (Å²) in [7, 11) is -3.84. The number of amidine groups is 1. The number of nitrogens with zero attached hydrogens (tertiary/aromatic N) is 1. The van der Waals surface area contributed by atoms with E-state index in [2.05, 4.69) is 4.40 Å². The first-order valence-electron chi connectivity index (χ1n) is 6.16. The van der Waals surface area contributed by atoms with E-state index in [0.717, 1.165) is 5.41 Å². The van der Waals surface area contributed by atoms with Gasteiger partial charge in [0.05, 0.1) is 15.5 Å². The van der Waals surface area contributed by atoms with Crippen LogP contribution in [0.5, 0.6) is 0 Å². The van der Waals surface area contributed by atoms with E-state index < -0.39 is 10.0 Å². The molecule has 114 valence electrons. The molecule has 2 rings (SSSR count). The van der Waals surface area contributed by atoms with Crippen molar-refractivity contribution in [3.8, 4) is 0 Å². The van der Waals surface area contributed by atoms with Gasteiger partial charge in [-0.2, -0.15) is 8.42 Å². The van der Waals surface area contributed by atoms with Crippen molar-refractivity contribution in [2.75, 3.05) is 0 Å². The fourth-order valence-electron chi connectivity index (χ4n) is 1.61. The van der Waals surface area contributed by atoms with Crippen molar-refractivity contribution in [1.29, 1.82) is 0 Å². The van der Waals surface area contributed by atoms with Gasteiger partial charge < -0.3 is 5.73 Å². The van der Waals surface area contributed by atoms with E-state index in [-0.39, 0.29) is 5.84 Å². The molecule has 2 aromatic carbocycles. The van der Waals surface area contributed by atoms with Crippen LogP contribution in [0.15, 0.2) is 58.3 Å². The van der Waals surface area contributed by atoms with E-state index in [4.69, 9.17) is 28.9 Å². The fraction of sp³-hybridized carbons (Fsp3) is 0. The molecule has 0 aromatic heterocycles. The molecular weight excluding hydrogens is 343 g/mol. The maximum absolute atomic E-state index is 11.9. The second-order valence-electron chi connectivity index (χ2n) is 4.33. The zero-order valence-corrected chi connectivity index (χ0v) is 13.6. The van der Waals surface area contributed by atoms with Crippen LogP contribution in [0.1, 0.15) is 11.1 Å². The Kier molecular flexibility index (Phi) is 5.24. The molecule has 0 saturated heterocycles. The molecule has 2 N–H and O–H groups in total. The average Bonchev–Trinajstić information content (AvgIpc) is 2.49. The van der Waals surface area contributed by atoms with E-state index >= 15 is 0 Å². The maximum atomic E-state index is 11.9. The minimum absolute atomic E-state index is 0.0700. The number of rotatable bonds is 4. The van der Waals surface area contributed by atoms with Gasteiger partial charge in [0.1, 0.15) is 5.84 Å². The summed E-state index contributed by atoms with van der Waals surface area (Å²) in [6.07, 6.45) is 1.37. The highest BCUT2D eigenvalue weighted by Gasteiger charge is 2.06. The Bertz CT molecular complexity index is 832. The topological polar surface area (TPSA) is 72.5 Å². The monoisotopic (exact) mass is 354 g/mol. The van der Waals surface area contributed by atoms with Crippen LogP contribution in [0.2, 0.25) is 10.0 Å². The predicted octanol–water partition coefficient (Wildman–Crippen LogP) is 3.70. The highest BCUT2D eigenvalue weighted by Crippen LogP contribution is 2.23. The summed E-state index contributed by atoms with van der Waals surface area (Å²) in [5.74, 6) is -0.0700. The van der Waals surface area contributed by atoms with Crippen LogP contribution < -0.4 is 5.73 Å². The second-order valence-corrected chi connectivity index (χ2v) is 6.63. The highest BCUT2D eigenvalue weighted by molar-refractivity contribution is 7.93. The van der Waals surface area contributed by atoms with Crippen molar-refractivity contribution < 1.29 is 8.42 Å². The van der Waals surface area contributed by atoms with Crippen LogP contribution in [0.4, 0.5) is 0 Å². The maximum Gasteiger partial charge on any atom is 0.277 e. The van der Waals surface area contributed by atoms with Gasteiger partial charge in [0.25, 0.3) is 10.0 Å². The molecule has 0 saturated carbocycles. The van der Waals surface area contributed by atoms with E-state index in [1.807, 2.05) is 0 Å². The first-order valence-corrected chi connectivity index (χ1v) is 8.42. The molecular formula is C15H12Cl2N2O2S. The minimum Gasteiger partial charge on any atom is -0.383 e. The molecule has 7 heteroatoms. The molecule has 0 heterocycles. The lowest BCUT2D eigenvalue weighted by Crippen LogP contribution is -2.15. The third-order valence-corrected chi connectivity index (χ3v) is 4.34. The van der Waals surface area contributed by atoms with Gasteiger partial charge in [-0.05, 0) is 23.8 Å². The van der Waals surface area contributed by atoms with Gasteiger partial charge >= 0.3 is 0 Å². The Balaban J connectivity index is 2.24. The van der Waals surface area contributed by atoms with Gasteiger partial charge in [-0.25, -0.2) is 0 Å². The quantitative estimate of drug-likeness (QED) is 0.671. The zero-order valence-electron chi connectivity index (χ0n) is 11.3. The SMILES string of the molecule is N/C(=N\S(=O)(=O)C=Cc1ccc(Cl)c(Cl)c1)c1ccccc1. The van der Waals surface area contributed by atoms with Crippen LogP contribution in [-0.4, -0.2) is 14.3 Å². The normalized spacial score (nSPS) is 12.7. The van der Waals surface area contributed by atoms with Crippen LogP contribution in [-0.2, 0) is 10.0 Å². The molecule has 0 atom stereocenters. The minimum atomic E-state index is -3.84. The summed E-state index contributed by atoms with van der Waals surface area (Å²) in [6, 6.07) is 13.4. The number of sulfonamides is 1. The van der Waals surface area contributed by atoms with Gasteiger partial charge in [0.2, 0.25) is 0 Å². The Morgan fingerprint density at radius 2 is 1.73 bits per heavy atom. The van der Waals surface area contributed by atoms with Gasteiger partial charge in [0.15, 0.2) is 0 Å². The van der Waals surface area contributed by atoms with Crippen LogP contribution in [0.3, 0.4) is 0 Å². The smallest absolute Gasteiger partial charge is 0.277 e. The van der Waals surface area contributed by atoms with E-state index in [1.165, 1.54) is 6.08 Å². The molecule has 2 aromatic rings. The second kappa shape index (κ2) is 6.96. The van der Waals surface area contributed by atoms with Gasteiger partial charge in [0, 0.05) is 5.56 Å². The van der Waals surface area contributed by atoms with Gasteiger partial charge in [-0.1, -0.05) is 59.6 Å². The van der Waals surface area contributed by atoms with E-state index in [0.29, 0.717) is 21.2 Å². The molecule has 0 radical (unpaired) electrons. The lowest BCUT2D eigenvalue weighted by molar-refractivity contribution is 0.606. The third-order valence-electron chi connectivity index (χ3n) is 2.67. The van der Waals surface area contributed by atoms with Crippen LogP contribution in [0, 0.1) is 0 Å². The van der Waals surface area contributed by atoms with Crippen molar-refractivity contribution in [3.05, 3.63) is 75.1 Å². The summed E-state index contributed by atoms with van der Waals surface area (Å²) in [6.45, 7) is 0. The Morgan fingerprint density at radius 3 is 2.36 bits per heavy atom. The van der Waals surface area contributed by atoms with Crippen molar-refractivity contribution in [2.24, 2.45) is 10.1 Å².